The molecule has 0 radical (unpaired) electrons. The molecule has 1 aliphatic heterocycles. The zero-order valence-electron chi connectivity index (χ0n) is 7.91. The predicted octanol–water partition coefficient (Wildman–Crippen LogP) is -1.46. The lowest BCUT2D eigenvalue weighted by atomic mass is 10.0. The maximum Gasteiger partial charge on any atom is 0.169 e. The molecule has 1 aliphatic rings. The van der Waals surface area contributed by atoms with Crippen molar-refractivity contribution in [3.63, 3.8) is 0 Å². The molecule has 0 unspecified atom stereocenters. The minimum Gasteiger partial charge on any atom is -0.394 e. The first-order chi connectivity index (χ1) is 6.61. The Labute approximate surface area is 86.7 Å². The number of rotatable bonds is 3. The summed E-state index contributed by atoms with van der Waals surface area (Å²) < 4.78 is 4.96. The fraction of sp³-hybridized carbons (Fsp3) is 1.00. The fourth-order valence-electron chi connectivity index (χ4n) is 1.44. The smallest absolute Gasteiger partial charge is 0.169 e. The van der Waals surface area contributed by atoms with Crippen molar-refractivity contribution < 1.29 is 25.2 Å². The molecule has 0 aromatic rings. The van der Waals surface area contributed by atoms with Crippen molar-refractivity contribution in [1.82, 2.24) is 0 Å². The molecule has 1 heterocycles. The molecule has 0 aliphatic carbocycles. The molecule has 1 saturated heterocycles. The SMILES string of the molecule is CCS[C@H]1[C@@H](O)[C@H](O)[C@H](CO)O[C@@H]1O. The summed E-state index contributed by atoms with van der Waals surface area (Å²) in [5.74, 6) is 0.707. The molecule has 1 fully saturated rings. The van der Waals surface area contributed by atoms with E-state index in [1.807, 2.05) is 6.92 Å². The van der Waals surface area contributed by atoms with Crippen LogP contribution in [0.15, 0.2) is 0 Å². The maximum absolute atomic E-state index is 9.62. The van der Waals surface area contributed by atoms with Crippen LogP contribution in [0.5, 0.6) is 0 Å². The zero-order chi connectivity index (χ0) is 10.7. The molecule has 5 atom stereocenters. The third-order valence-electron chi connectivity index (χ3n) is 2.20. The standard InChI is InChI=1S/C8H16O5S/c1-2-14-7-6(11)5(10)4(3-9)13-8(7)12/h4-12H,2-3H2,1H3/t4-,5+,6-,7-,8-/m0/s1. The van der Waals surface area contributed by atoms with Crippen LogP contribution in [0.25, 0.3) is 0 Å². The highest BCUT2D eigenvalue weighted by Gasteiger charge is 2.43. The Hall–Kier alpha value is 0.150. The Bertz CT molecular complexity index is 179. The van der Waals surface area contributed by atoms with Crippen LogP contribution in [0.3, 0.4) is 0 Å². The summed E-state index contributed by atoms with van der Waals surface area (Å²) in [7, 11) is 0. The molecule has 1 rings (SSSR count). The second-order valence-electron chi connectivity index (χ2n) is 3.15. The molecule has 0 aromatic heterocycles. The van der Waals surface area contributed by atoms with E-state index >= 15 is 0 Å². The van der Waals surface area contributed by atoms with E-state index in [1.165, 1.54) is 11.8 Å². The van der Waals surface area contributed by atoms with E-state index < -0.39 is 36.5 Å². The topological polar surface area (TPSA) is 90.2 Å². The van der Waals surface area contributed by atoms with Crippen molar-refractivity contribution in [2.75, 3.05) is 12.4 Å². The fourth-order valence-corrected chi connectivity index (χ4v) is 2.42. The largest absolute Gasteiger partial charge is 0.394 e. The summed E-state index contributed by atoms with van der Waals surface area (Å²) in [5.41, 5.74) is 0. The molecule has 0 aromatic carbocycles. The van der Waals surface area contributed by atoms with E-state index in [2.05, 4.69) is 0 Å². The lowest BCUT2D eigenvalue weighted by Gasteiger charge is -2.39. The second-order valence-corrected chi connectivity index (χ2v) is 4.60. The number of hydrogen-bond donors (Lipinski definition) is 4. The molecule has 4 N–H and O–H groups in total. The van der Waals surface area contributed by atoms with Crippen molar-refractivity contribution in [1.29, 1.82) is 0 Å². The number of aliphatic hydroxyl groups is 4. The Morgan fingerprint density at radius 1 is 1.21 bits per heavy atom. The normalized spacial score (nSPS) is 43.9. The van der Waals surface area contributed by atoms with Gasteiger partial charge in [-0.25, -0.2) is 0 Å². The molecular weight excluding hydrogens is 208 g/mol. The quantitative estimate of drug-likeness (QED) is 0.468. The lowest BCUT2D eigenvalue weighted by Crippen LogP contribution is -2.57. The Kier molecular flexibility index (Phi) is 4.62. The van der Waals surface area contributed by atoms with Gasteiger partial charge in [0.05, 0.1) is 18.0 Å². The summed E-state index contributed by atoms with van der Waals surface area (Å²) >= 11 is 1.32. The van der Waals surface area contributed by atoms with Gasteiger partial charge in [-0.3, -0.25) is 0 Å². The molecule has 84 valence electrons. The van der Waals surface area contributed by atoms with Crippen molar-refractivity contribution in [2.24, 2.45) is 0 Å². The van der Waals surface area contributed by atoms with Gasteiger partial charge in [0.2, 0.25) is 0 Å². The Morgan fingerprint density at radius 2 is 1.86 bits per heavy atom. The van der Waals surface area contributed by atoms with Crippen LogP contribution in [0.1, 0.15) is 6.92 Å². The summed E-state index contributed by atoms with van der Waals surface area (Å²) in [6.45, 7) is 1.47. The van der Waals surface area contributed by atoms with Crippen LogP contribution in [0.4, 0.5) is 0 Å². The maximum atomic E-state index is 9.62. The van der Waals surface area contributed by atoms with Gasteiger partial charge in [0.25, 0.3) is 0 Å². The minimum absolute atomic E-state index is 0.418. The van der Waals surface area contributed by atoms with Crippen molar-refractivity contribution in [3.8, 4) is 0 Å². The molecule has 0 bridgehead atoms. The summed E-state index contributed by atoms with van der Waals surface area (Å²) in [5, 5.41) is 36.8. The lowest BCUT2D eigenvalue weighted by molar-refractivity contribution is -0.234. The van der Waals surface area contributed by atoms with Crippen LogP contribution in [0.2, 0.25) is 0 Å². The van der Waals surface area contributed by atoms with Crippen LogP contribution in [-0.4, -0.2) is 62.6 Å². The molecule has 14 heavy (non-hydrogen) atoms. The van der Waals surface area contributed by atoms with E-state index in [-0.39, 0.29) is 0 Å². The van der Waals surface area contributed by atoms with Gasteiger partial charge in [-0.15, -0.1) is 0 Å². The Morgan fingerprint density at radius 3 is 2.36 bits per heavy atom. The average Bonchev–Trinajstić information content (AvgIpc) is 2.18. The number of ether oxygens (including phenoxy) is 1. The van der Waals surface area contributed by atoms with E-state index in [9.17, 15) is 15.3 Å². The molecule has 5 nitrogen and oxygen atoms in total. The molecule has 0 amide bonds. The molecule has 0 spiro atoms. The van der Waals surface area contributed by atoms with Crippen molar-refractivity contribution in [3.05, 3.63) is 0 Å². The van der Waals surface area contributed by atoms with Crippen molar-refractivity contribution >= 4 is 11.8 Å². The number of hydrogen-bond acceptors (Lipinski definition) is 6. The highest BCUT2D eigenvalue weighted by atomic mass is 32.2. The van der Waals surface area contributed by atoms with Gasteiger partial charge < -0.3 is 25.2 Å². The van der Waals surface area contributed by atoms with Gasteiger partial charge >= 0.3 is 0 Å². The van der Waals surface area contributed by atoms with Crippen LogP contribution in [0, 0.1) is 0 Å². The first kappa shape index (κ1) is 12.2. The molecular formula is C8H16O5S. The average molecular weight is 224 g/mol. The molecule has 0 saturated carbocycles. The van der Waals surface area contributed by atoms with E-state index in [0.717, 1.165) is 0 Å². The van der Waals surface area contributed by atoms with Crippen LogP contribution < -0.4 is 0 Å². The van der Waals surface area contributed by atoms with Gasteiger partial charge in [-0.2, -0.15) is 11.8 Å². The zero-order valence-corrected chi connectivity index (χ0v) is 8.72. The summed E-state index contributed by atoms with van der Waals surface area (Å²) in [6.07, 6.45) is -4.27. The number of aliphatic hydroxyl groups excluding tert-OH is 4. The second kappa shape index (κ2) is 5.29. The number of thioether (sulfide) groups is 1. The Balaban J connectivity index is 2.63. The third kappa shape index (κ3) is 2.39. The monoisotopic (exact) mass is 224 g/mol. The van der Waals surface area contributed by atoms with Crippen LogP contribution >= 0.6 is 11.8 Å². The minimum atomic E-state index is -1.15. The van der Waals surface area contributed by atoms with E-state index in [4.69, 9.17) is 9.84 Å². The first-order valence-electron chi connectivity index (χ1n) is 4.54. The summed E-state index contributed by atoms with van der Waals surface area (Å²) in [4.78, 5) is 0. The van der Waals surface area contributed by atoms with E-state index in [1.54, 1.807) is 0 Å². The van der Waals surface area contributed by atoms with Gasteiger partial charge in [0.1, 0.15) is 12.2 Å². The van der Waals surface area contributed by atoms with Crippen molar-refractivity contribution in [2.45, 2.75) is 36.8 Å². The molecule has 6 heteroatoms. The first-order valence-corrected chi connectivity index (χ1v) is 5.58. The van der Waals surface area contributed by atoms with E-state index in [0.29, 0.717) is 5.75 Å². The van der Waals surface area contributed by atoms with Gasteiger partial charge in [0, 0.05) is 0 Å². The van der Waals surface area contributed by atoms with Crippen LogP contribution in [-0.2, 0) is 4.74 Å². The third-order valence-corrected chi connectivity index (χ3v) is 3.43. The van der Waals surface area contributed by atoms with Gasteiger partial charge in [0.15, 0.2) is 6.29 Å². The summed E-state index contributed by atoms with van der Waals surface area (Å²) in [6, 6.07) is 0. The highest BCUT2D eigenvalue weighted by Crippen LogP contribution is 2.28. The highest BCUT2D eigenvalue weighted by molar-refractivity contribution is 7.99. The predicted molar refractivity (Wildman–Crippen MR) is 51.9 cm³/mol. The van der Waals surface area contributed by atoms with Gasteiger partial charge in [-0.05, 0) is 5.75 Å². The van der Waals surface area contributed by atoms with Gasteiger partial charge in [-0.1, -0.05) is 6.92 Å².